The Balaban J connectivity index is 2.28. The van der Waals surface area contributed by atoms with Crippen LogP contribution in [-0.2, 0) is 14.3 Å². The number of pyridine rings is 1. The molecule has 0 fully saturated rings. The van der Waals surface area contributed by atoms with Crippen molar-refractivity contribution >= 4 is 17.7 Å². The third-order valence-electron chi connectivity index (χ3n) is 6.23. The summed E-state index contributed by atoms with van der Waals surface area (Å²) in [5.74, 6) is -2.81. The summed E-state index contributed by atoms with van der Waals surface area (Å²) in [5.41, 5.74) is 1.61. The molecule has 0 spiro atoms. The third kappa shape index (κ3) is 7.12. The third-order valence-corrected chi connectivity index (χ3v) is 6.23. The fourth-order valence-electron chi connectivity index (χ4n) is 4.43. The van der Waals surface area contributed by atoms with Gasteiger partial charge >= 0.3 is 11.9 Å². The van der Waals surface area contributed by atoms with Crippen LogP contribution >= 0.6 is 0 Å². The molecule has 3 atom stereocenters. The minimum Gasteiger partial charge on any atom is -0.493 e. The zero-order chi connectivity index (χ0) is 27.2. The van der Waals surface area contributed by atoms with E-state index in [0.717, 1.165) is 11.1 Å². The summed E-state index contributed by atoms with van der Waals surface area (Å²) in [6, 6.07) is 6.09. The van der Waals surface area contributed by atoms with E-state index in [1.165, 1.54) is 38.4 Å². The molecule has 0 radical (unpaired) electrons. The molecule has 0 aliphatic rings. The number of Topliss-reactive ketones (excluding diaryl/α,β-unsaturated/α-hetero) is 1. The van der Waals surface area contributed by atoms with Crippen molar-refractivity contribution in [2.75, 3.05) is 7.11 Å². The monoisotopic (exact) mass is 501 g/mol. The van der Waals surface area contributed by atoms with Crippen LogP contribution in [-0.4, -0.2) is 35.9 Å². The van der Waals surface area contributed by atoms with Crippen LogP contribution in [0.25, 0.3) is 0 Å². The maximum absolute atomic E-state index is 13.7. The Hall–Kier alpha value is -3.29. The van der Waals surface area contributed by atoms with Gasteiger partial charge in [0.2, 0.25) is 5.75 Å². The molecule has 1 aromatic carbocycles. The van der Waals surface area contributed by atoms with Gasteiger partial charge in [-0.2, -0.15) is 0 Å². The van der Waals surface area contributed by atoms with Gasteiger partial charge in [0.1, 0.15) is 11.9 Å². The number of esters is 2. The lowest BCUT2D eigenvalue weighted by molar-refractivity contribution is -0.156. The van der Waals surface area contributed by atoms with E-state index in [4.69, 9.17) is 14.2 Å². The van der Waals surface area contributed by atoms with E-state index in [0.29, 0.717) is 0 Å². The van der Waals surface area contributed by atoms with Crippen molar-refractivity contribution in [3.05, 3.63) is 53.1 Å². The highest BCUT2D eigenvalue weighted by Crippen LogP contribution is 2.35. The summed E-state index contributed by atoms with van der Waals surface area (Å²) >= 11 is 0. The number of aromatic nitrogens is 1. The molecule has 8 heteroatoms. The zero-order valence-electron chi connectivity index (χ0n) is 22.3. The summed E-state index contributed by atoms with van der Waals surface area (Å²) in [5, 5.41) is 0. The molecule has 0 aliphatic heterocycles. The summed E-state index contributed by atoms with van der Waals surface area (Å²) in [7, 11) is 1.39. The van der Waals surface area contributed by atoms with Crippen LogP contribution < -0.4 is 9.47 Å². The fraction of sp³-hybridized carbons (Fsp3) is 0.500. The van der Waals surface area contributed by atoms with Gasteiger partial charge in [0.05, 0.1) is 13.0 Å². The van der Waals surface area contributed by atoms with E-state index in [1.807, 2.05) is 41.5 Å². The second-order valence-corrected chi connectivity index (χ2v) is 9.68. The number of benzene rings is 1. The van der Waals surface area contributed by atoms with Gasteiger partial charge in [0.25, 0.3) is 0 Å². The van der Waals surface area contributed by atoms with Gasteiger partial charge in [-0.3, -0.25) is 14.4 Å². The summed E-state index contributed by atoms with van der Waals surface area (Å²) in [4.78, 5) is 42.2. The Morgan fingerprint density at radius 1 is 1.03 bits per heavy atom. The second kappa shape index (κ2) is 12.6. The lowest BCUT2D eigenvalue weighted by Crippen LogP contribution is -2.32. The van der Waals surface area contributed by atoms with Gasteiger partial charge in [-0.25, -0.2) is 9.37 Å². The van der Waals surface area contributed by atoms with Crippen LogP contribution in [0.2, 0.25) is 0 Å². The molecule has 0 unspecified atom stereocenters. The molecule has 7 nitrogen and oxygen atoms in total. The van der Waals surface area contributed by atoms with E-state index in [1.54, 1.807) is 6.07 Å². The quantitative estimate of drug-likeness (QED) is 0.289. The van der Waals surface area contributed by atoms with Gasteiger partial charge < -0.3 is 14.2 Å². The molecule has 0 N–H and O–H groups in total. The smallest absolute Gasteiger partial charge is 0.309 e. The molecule has 0 aliphatic carbocycles. The molecule has 196 valence electrons. The van der Waals surface area contributed by atoms with Crippen molar-refractivity contribution in [1.29, 1.82) is 0 Å². The van der Waals surface area contributed by atoms with Gasteiger partial charge in [-0.1, -0.05) is 33.8 Å². The summed E-state index contributed by atoms with van der Waals surface area (Å²) in [6.45, 7) is 12.6. The molecule has 0 saturated heterocycles. The van der Waals surface area contributed by atoms with Gasteiger partial charge in [0, 0.05) is 31.5 Å². The Kier molecular flexibility index (Phi) is 10.1. The molecule has 0 amide bonds. The number of ketones is 1. The lowest BCUT2D eigenvalue weighted by Gasteiger charge is -2.31. The van der Waals surface area contributed by atoms with Crippen LogP contribution in [0.4, 0.5) is 4.39 Å². The topological polar surface area (TPSA) is 91.8 Å². The number of rotatable bonds is 11. The number of halogens is 1. The summed E-state index contributed by atoms with van der Waals surface area (Å²) in [6.07, 6.45) is 0.686. The average molecular weight is 502 g/mol. The molecule has 0 saturated carbocycles. The maximum Gasteiger partial charge on any atom is 0.309 e. The molecule has 36 heavy (non-hydrogen) atoms. The van der Waals surface area contributed by atoms with Crippen LogP contribution in [0, 0.1) is 30.5 Å². The van der Waals surface area contributed by atoms with E-state index in [2.05, 4.69) is 4.98 Å². The number of nitrogens with zero attached hydrogens (tertiary/aromatic N) is 1. The van der Waals surface area contributed by atoms with Gasteiger partial charge in [-0.15, -0.1) is 0 Å². The van der Waals surface area contributed by atoms with Crippen molar-refractivity contribution in [3.63, 3.8) is 0 Å². The van der Waals surface area contributed by atoms with Crippen molar-refractivity contribution in [1.82, 2.24) is 4.98 Å². The number of aryl methyl sites for hydroxylation is 1. The Labute approximate surface area is 212 Å². The van der Waals surface area contributed by atoms with E-state index >= 15 is 0 Å². The number of hydrogen-bond donors (Lipinski definition) is 0. The first-order valence-corrected chi connectivity index (χ1v) is 12.1. The predicted octanol–water partition coefficient (Wildman–Crippen LogP) is 5.68. The molecule has 1 aromatic heterocycles. The van der Waals surface area contributed by atoms with Gasteiger partial charge in [0.15, 0.2) is 17.2 Å². The van der Waals surface area contributed by atoms with Gasteiger partial charge in [-0.05, 0) is 48.9 Å². The highest BCUT2D eigenvalue weighted by Gasteiger charge is 2.34. The minimum atomic E-state index is -0.750. The first-order valence-electron chi connectivity index (χ1n) is 12.1. The average Bonchev–Trinajstić information content (AvgIpc) is 2.78. The molecule has 2 rings (SSSR count). The van der Waals surface area contributed by atoms with Crippen molar-refractivity contribution in [2.45, 2.75) is 66.9 Å². The maximum atomic E-state index is 13.7. The lowest BCUT2D eigenvalue weighted by atomic mass is 9.82. The fourth-order valence-corrected chi connectivity index (χ4v) is 4.43. The minimum absolute atomic E-state index is 0.0756. The SMILES string of the molecule is COc1ccnc(C(=O)C[C@H](C(=O)O[C@@H](C)[C@H](c2ccc(F)cc2C)C(C)C)C(C)C)c1OC(C)=O. The van der Waals surface area contributed by atoms with E-state index in [9.17, 15) is 18.8 Å². The molecular weight excluding hydrogens is 465 g/mol. The van der Waals surface area contributed by atoms with Crippen LogP contribution in [0.3, 0.4) is 0 Å². The van der Waals surface area contributed by atoms with Crippen LogP contribution in [0.15, 0.2) is 30.5 Å². The molecule has 1 heterocycles. The number of methoxy groups -OCH3 is 1. The number of ether oxygens (including phenoxy) is 3. The highest BCUT2D eigenvalue weighted by molar-refractivity contribution is 6.00. The first-order chi connectivity index (χ1) is 16.9. The summed E-state index contributed by atoms with van der Waals surface area (Å²) < 4.78 is 30.0. The Morgan fingerprint density at radius 3 is 2.22 bits per heavy atom. The van der Waals surface area contributed by atoms with E-state index in [-0.39, 0.29) is 47.2 Å². The van der Waals surface area contributed by atoms with Crippen molar-refractivity contribution in [2.24, 2.45) is 17.8 Å². The zero-order valence-corrected chi connectivity index (χ0v) is 22.3. The highest BCUT2D eigenvalue weighted by atomic mass is 19.1. The van der Waals surface area contributed by atoms with Crippen LogP contribution in [0.1, 0.15) is 75.5 Å². The Bertz CT molecular complexity index is 1100. The second-order valence-electron chi connectivity index (χ2n) is 9.68. The number of hydrogen-bond acceptors (Lipinski definition) is 7. The van der Waals surface area contributed by atoms with E-state index < -0.39 is 29.7 Å². The largest absolute Gasteiger partial charge is 0.493 e. The van der Waals surface area contributed by atoms with Crippen molar-refractivity contribution in [3.8, 4) is 11.5 Å². The number of carbonyl (C=O) groups excluding carboxylic acids is 3. The van der Waals surface area contributed by atoms with Crippen LogP contribution in [0.5, 0.6) is 11.5 Å². The standard InChI is InChI=1S/C28H36FNO6/c1-15(2)22(14-23(32)26-27(36-19(7)31)24(34-8)11-12-30-26)28(33)35-18(6)25(16(3)4)21-10-9-20(29)13-17(21)5/h9-13,15-16,18,22,25H,14H2,1-8H3/t18-,22-,25+/m0/s1. The predicted molar refractivity (Wildman–Crippen MR) is 134 cm³/mol. The molecule has 0 bridgehead atoms. The molecular formula is C28H36FNO6. The Morgan fingerprint density at radius 2 is 1.69 bits per heavy atom. The normalized spacial score (nSPS) is 13.8. The van der Waals surface area contributed by atoms with Crippen molar-refractivity contribution < 1.29 is 33.0 Å². The molecule has 2 aromatic rings. The number of carbonyl (C=O) groups is 3. The first kappa shape index (κ1) is 28.9.